The predicted octanol–water partition coefficient (Wildman–Crippen LogP) is 1.40. The minimum Gasteiger partial charge on any atom is -0.311 e. The summed E-state index contributed by atoms with van der Waals surface area (Å²) in [6.07, 6.45) is 7.08. The molecule has 1 aromatic heterocycles. The fourth-order valence-electron chi connectivity index (χ4n) is 3.67. The van der Waals surface area contributed by atoms with Crippen LogP contribution in [0.15, 0.2) is 6.33 Å². The van der Waals surface area contributed by atoms with Crippen LogP contribution in [0.2, 0.25) is 0 Å². The Morgan fingerprint density at radius 2 is 2.21 bits per heavy atom. The van der Waals surface area contributed by atoms with E-state index in [9.17, 15) is 0 Å². The molecule has 19 heavy (non-hydrogen) atoms. The number of aryl methyl sites for hydroxylation is 1. The number of aromatic nitrogens is 3. The normalized spacial score (nSPS) is 27.2. The first kappa shape index (κ1) is 13.1. The Morgan fingerprint density at radius 3 is 2.95 bits per heavy atom. The Kier molecular flexibility index (Phi) is 3.58. The standard InChI is InChI=1S/C14H25N5/c1-3-19-13(16-11-17-19)9-18-8-12(2)15-10-14(18)6-4-5-7-14/h11-12,15H,3-10H2,1-2H3. The summed E-state index contributed by atoms with van der Waals surface area (Å²) in [5, 5.41) is 7.97. The maximum absolute atomic E-state index is 4.45. The summed E-state index contributed by atoms with van der Waals surface area (Å²) in [4.78, 5) is 7.11. The highest BCUT2D eigenvalue weighted by Crippen LogP contribution is 2.37. The van der Waals surface area contributed by atoms with E-state index in [0.717, 1.165) is 32.0 Å². The number of rotatable bonds is 3. The van der Waals surface area contributed by atoms with Crippen molar-refractivity contribution < 1.29 is 0 Å². The summed E-state index contributed by atoms with van der Waals surface area (Å²) < 4.78 is 2.02. The van der Waals surface area contributed by atoms with Crippen LogP contribution in [0.5, 0.6) is 0 Å². The second kappa shape index (κ2) is 5.21. The van der Waals surface area contributed by atoms with E-state index in [2.05, 4.69) is 34.1 Å². The first-order valence-corrected chi connectivity index (χ1v) is 7.59. The molecule has 1 aliphatic heterocycles. The molecule has 1 spiro atoms. The molecule has 1 aromatic rings. The molecule has 3 rings (SSSR count). The summed E-state index contributed by atoms with van der Waals surface area (Å²) >= 11 is 0. The SMILES string of the molecule is CCn1ncnc1CN1CC(C)NCC12CCCC2. The van der Waals surface area contributed by atoms with Gasteiger partial charge in [0.25, 0.3) is 0 Å². The van der Waals surface area contributed by atoms with Crippen LogP contribution in [0.3, 0.4) is 0 Å². The Hall–Kier alpha value is -0.940. The summed E-state index contributed by atoms with van der Waals surface area (Å²) in [6, 6.07) is 0.573. The Morgan fingerprint density at radius 1 is 1.42 bits per heavy atom. The molecule has 0 aromatic carbocycles. The van der Waals surface area contributed by atoms with E-state index in [1.165, 1.54) is 25.7 Å². The maximum atomic E-state index is 4.45. The van der Waals surface area contributed by atoms with Gasteiger partial charge in [-0.2, -0.15) is 5.10 Å². The molecule has 1 unspecified atom stereocenters. The van der Waals surface area contributed by atoms with Crippen molar-refractivity contribution in [2.24, 2.45) is 0 Å². The monoisotopic (exact) mass is 263 g/mol. The van der Waals surface area contributed by atoms with Gasteiger partial charge in [0.1, 0.15) is 12.2 Å². The van der Waals surface area contributed by atoms with E-state index < -0.39 is 0 Å². The van der Waals surface area contributed by atoms with Gasteiger partial charge in [0, 0.05) is 31.2 Å². The summed E-state index contributed by atoms with van der Waals surface area (Å²) in [5.41, 5.74) is 0.372. The average Bonchev–Trinajstić information content (AvgIpc) is 3.04. The van der Waals surface area contributed by atoms with Crippen LogP contribution < -0.4 is 5.32 Å². The third kappa shape index (κ3) is 2.41. The van der Waals surface area contributed by atoms with Gasteiger partial charge in [-0.15, -0.1) is 0 Å². The molecule has 2 heterocycles. The molecule has 1 saturated carbocycles. The van der Waals surface area contributed by atoms with Crippen LogP contribution in [0, 0.1) is 0 Å². The van der Waals surface area contributed by atoms with Gasteiger partial charge in [0.2, 0.25) is 0 Å². The van der Waals surface area contributed by atoms with Crippen molar-refractivity contribution >= 4 is 0 Å². The zero-order valence-electron chi connectivity index (χ0n) is 12.1. The Balaban J connectivity index is 1.79. The predicted molar refractivity (Wildman–Crippen MR) is 74.8 cm³/mol. The van der Waals surface area contributed by atoms with Gasteiger partial charge >= 0.3 is 0 Å². The van der Waals surface area contributed by atoms with Crippen LogP contribution in [-0.4, -0.2) is 44.3 Å². The number of piperazine rings is 1. The summed E-state index contributed by atoms with van der Waals surface area (Å²) in [5.74, 6) is 1.11. The number of hydrogen-bond donors (Lipinski definition) is 1. The van der Waals surface area contributed by atoms with Crippen molar-refractivity contribution in [3.8, 4) is 0 Å². The third-order valence-corrected chi connectivity index (χ3v) is 4.81. The van der Waals surface area contributed by atoms with E-state index >= 15 is 0 Å². The summed E-state index contributed by atoms with van der Waals surface area (Å²) in [6.45, 7) is 8.51. The van der Waals surface area contributed by atoms with Gasteiger partial charge in [0.05, 0.1) is 6.54 Å². The van der Waals surface area contributed by atoms with Crippen molar-refractivity contribution in [2.75, 3.05) is 13.1 Å². The lowest BCUT2D eigenvalue weighted by Gasteiger charge is -2.47. The average molecular weight is 263 g/mol. The highest BCUT2D eigenvalue weighted by molar-refractivity contribution is 5.02. The van der Waals surface area contributed by atoms with E-state index in [1.54, 1.807) is 6.33 Å². The lowest BCUT2D eigenvalue weighted by molar-refractivity contribution is 0.0359. The molecule has 0 radical (unpaired) electrons. The molecule has 1 saturated heterocycles. The van der Waals surface area contributed by atoms with Gasteiger partial charge in [-0.25, -0.2) is 9.67 Å². The van der Waals surface area contributed by atoms with Crippen LogP contribution in [0.1, 0.15) is 45.4 Å². The van der Waals surface area contributed by atoms with E-state index in [-0.39, 0.29) is 0 Å². The second-order valence-corrected chi connectivity index (χ2v) is 6.09. The first-order chi connectivity index (χ1) is 9.23. The van der Waals surface area contributed by atoms with Gasteiger partial charge in [0.15, 0.2) is 0 Å². The van der Waals surface area contributed by atoms with Crippen LogP contribution >= 0.6 is 0 Å². The lowest BCUT2D eigenvalue weighted by Crippen LogP contribution is -2.62. The minimum atomic E-state index is 0.372. The van der Waals surface area contributed by atoms with Gasteiger partial charge in [-0.05, 0) is 26.7 Å². The first-order valence-electron chi connectivity index (χ1n) is 7.59. The van der Waals surface area contributed by atoms with Crippen LogP contribution in [0.25, 0.3) is 0 Å². The van der Waals surface area contributed by atoms with E-state index in [0.29, 0.717) is 11.6 Å². The van der Waals surface area contributed by atoms with Crippen molar-refractivity contribution in [3.63, 3.8) is 0 Å². The smallest absolute Gasteiger partial charge is 0.141 e. The highest BCUT2D eigenvalue weighted by Gasteiger charge is 2.42. The van der Waals surface area contributed by atoms with Crippen molar-refractivity contribution in [1.29, 1.82) is 0 Å². The minimum absolute atomic E-state index is 0.372. The molecule has 1 aliphatic carbocycles. The van der Waals surface area contributed by atoms with Crippen LogP contribution in [0.4, 0.5) is 0 Å². The Bertz CT molecular complexity index is 421. The van der Waals surface area contributed by atoms with Crippen molar-refractivity contribution in [2.45, 2.75) is 64.2 Å². The maximum Gasteiger partial charge on any atom is 0.141 e. The topological polar surface area (TPSA) is 46.0 Å². The quantitative estimate of drug-likeness (QED) is 0.895. The zero-order chi connectivity index (χ0) is 13.3. The molecular weight excluding hydrogens is 238 g/mol. The van der Waals surface area contributed by atoms with Gasteiger partial charge < -0.3 is 5.32 Å². The number of nitrogens with one attached hydrogen (secondary N) is 1. The molecule has 5 heteroatoms. The fraction of sp³-hybridized carbons (Fsp3) is 0.857. The fourth-order valence-corrected chi connectivity index (χ4v) is 3.67. The highest BCUT2D eigenvalue weighted by atomic mass is 15.4. The molecule has 0 bridgehead atoms. The van der Waals surface area contributed by atoms with Gasteiger partial charge in [-0.1, -0.05) is 12.8 Å². The Labute approximate surface area is 115 Å². The molecule has 106 valence electrons. The molecular formula is C14H25N5. The molecule has 5 nitrogen and oxygen atoms in total. The van der Waals surface area contributed by atoms with Gasteiger partial charge in [-0.3, -0.25) is 4.90 Å². The zero-order valence-corrected chi connectivity index (χ0v) is 12.1. The molecule has 0 amide bonds. The van der Waals surface area contributed by atoms with Crippen molar-refractivity contribution in [1.82, 2.24) is 25.0 Å². The molecule has 1 atom stereocenters. The van der Waals surface area contributed by atoms with E-state index in [1.807, 2.05) is 4.68 Å². The number of hydrogen-bond acceptors (Lipinski definition) is 4. The van der Waals surface area contributed by atoms with Crippen molar-refractivity contribution in [3.05, 3.63) is 12.2 Å². The second-order valence-electron chi connectivity index (χ2n) is 6.09. The largest absolute Gasteiger partial charge is 0.311 e. The molecule has 2 fully saturated rings. The summed E-state index contributed by atoms with van der Waals surface area (Å²) in [7, 11) is 0. The van der Waals surface area contributed by atoms with Crippen LogP contribution in [-0.2, 0) is 13.1 Å². The van der Waals surface area contributed by atoms with E-state index in [4.69, 9.17) is 0 Å². The molecule has 1 N–H and O–H groups in total. The molecule has 2 aliphatic rings. The lowest BCUT2D eigenvalue weighted by atomic mass is 9.91. The number of nitrogens with zero attached hydrogens (tertiary/aromatic N) is 4. The third-order valence-electron chi connectivity index (χ3n) is 4.81.